The number of imidazole rings is 1. The number of carbonyl (C=O) groups is 1. The zero-order valence-corrected chi connectivity index (χ0v) is 15.5. The van der Waals surface area contributed by atoms with Gasteiger partial charge in [-0.25, -0.2) is 4.98 Å². The van der Waals surface area contributed by atoms with Crippen LogP contribution in [0.5, 0.6) is 5.75 Å². The van der Waals surface area contributed by atoms with E-state index in [0.717, 1.165) is 34.8 Å². The SMILES string of the molecule is CCOc1ccc2nc(S[C@@H]3C(=O)[C@H]4CC[C@]3(C)C4(C)C)[nH]c2c1. The van der Waals surface area contributed by atoms with Crippen molar-refractivity contribution in [2.45, 2.75) is 50.9 Å². The van der Waals surface area contributed by atoms with E-state index in [0.29, 0.717) is 12.4 Å². The van der Waals surface area contributed by atoms with Crippen molar-refractivity contribution in [1.29, 1.82) is 0 Å². The van der Waals surface area contributed by atoms with Crippen molar-refractivity contribution in [3.05, 3.63) is 18.2 Å². The number of fused-ring (bicyclic) bond motifs is 3. The molecule has 128 valence electrons. The molecule has 1 N–H and O–H groups in total. The zero-order chi connectivity index (χ0) is 17.1. The second-order valence-corrected chi connectivity index (χ2v) is 8.88. The van der Waals surface area contributed by atoms with Crippen LogP contribution in [0.1, 0.15) is 40.5 Å². The summed E-state index contributed by atoms with van der Waals surface area (Å²) in [5.74, 6) is 1.46. The Labute approximate surface area is 146 Å². The minimum Gasteiger partial charge on any atom is -0.494 e. The average molecular weight is 344 g/mol. The average Bonchev–Trinajstić information content (AvgIpc) is 3.06. The molecule has 5 heteroatoms. The van der Waals surface area contributed by atoms with Crippen LogP contribution in [-0.4, -0.2) is 27.6 Å². The van der Waals surface area contributed by atoms with Gasteiger partial charge in [0, 0.05) is 12.0 Å². The lowest BCUT2D eigenvalue weighted by Gasteiger charge is -2.37. The van der Waals surface area contributed by atoms with Crippen molar-refractivity contribution >= 4 is 28.6 Å². The van der Waals surface area contributed by atoms with Crippen molar-refractivity contribution in [3.8, 4) is 5.75 Å². The number of hydrogen-bond acceptors (Lipinski definition) is 4. The lowest BCUT2D eigenvalue weighted by Crippen LogP contribution is -2.35. The third-order valence-electron chi connectivity index (χ3n) is 6.45. The van der Waals surface area contributed by atoms with Gasteiger partial charge in [0.05, 0.1) is 22.9 Å². The van der Waals surface area contributed by atoms with E-state index in [9.17, 15) is 4.79 Å². The number of thioether (sulfide) groups is 1. The highest BCUT2D eigenvalue weighted by molar-refractivity contribution is 8.00. The third-order valence-corrected chi connectivity index (χ3v) is 7.85. The number of nitrogens with one attached hydrogen (secondary N) is 1. The Hall–Kier alpha value is -1.49. The first-order valence-electron chi connectivity index (χ1n) is 8.70. The second-order valence-electron chi connectivity index (χ2n) is 7.78. The number of rotatable bonds is 4. The number of ether oxygens (including phenoxy) is 1. The molecule has 2 aliphatic carbocycles. The number of carbonyl (C=O) groups excluding carboxylic acids is 1. The largest absolute Gasteiger partial charge is 0.494 e. The van der Waals surface area contributed by atoms with Crippen molar-refractivity contribution in [1.82, 2.24) is 9.97 Å². The molecule has 2 bridgehead atoms. The Morgan fingerprint density at radius 1 is 1.38 bits per heavy atom. The van der Waals surface area contributed by atoms with Gasteiger partial charge < -0.3 is 9.72 Å². The summed E-state index contributed by atoms with van der Waals surface area (Å²) in [5, 5.41) is 0.833. The standard InChI is InChI=1S/C19H24N2O2S/c1-5-23-11-6-7-13-14(10-11)21-17(20-13)24-16-15(22)12-8-9-19(16,4)18(12,2)3/h6-7,10,12,16H,5,8-9H2,1-4H3,(H,20,21)/t12-,16-,19+/m1/s1. The Balaban J connectivity index is 1.64. The Morgan fingerprint density at radius 3 is 2.83 bits per heavy atom. The molecule has 2 saturated carbocycles. The monoisotopic (exact) mass is 344 g/mol. The zero-order valence-electron chi connectivity index (χ0n) is 14.7. The van der Waals surface area contributed by atoms with E-state index in [1.807, 2.05) is 25.1 Å². The first kappa shape index (κ1) is 16.0. The Kier molecular flexibility index (Phi) is 3.50. The van der Waals surface area contributed by atoms with Crippen molar-refractivity contribution < 1.29 is 9.53 Å². The summed E-state index contributed by atoms with van der Waals surface area (Å²) in [6.45, 7) is 9.42. The smallest absolute Gasteiger partial charge is 0.167 e. The lowest BCUT2D eigenvalue weighted by atomic mass is 9.71. The number of nitrogens with zero attached hydrogens (tertiary/aromatic N) is 1. The maximum Gasteiger partial charge on any atom is 0.167 e. The van der Waals surface area contributed by atoms with Crippen LogP contribution in [0.25, 0.3) is 11.0 Å². The number of benzene rings is 1. The number of hydrogen-bond donors (Lipinski definition) is 1. The summed E-state index contributed by atoms with van der Waals surface area (Å²) < 4.78 is 5.55. The maximum absolute atomic E-state index is 12.9. The summed E-state index contributed by atoms with van der Waals surface area (Å²) in [6, 6.07) is 5.88. The molecular weight excluding hydrogens is 320 g/mol. The van der Waals surface area contributed by atoms with Gasteiger partial charge in [0.25, 0.3) is 0 Å². The normalized spacial score (nSPS) is 31.1. The van der Waals surface area contributed by atoms with E-state index < -0.39 is 0 Å². The molecule has 4 nitrogen and oxygen atoms in total. The number of aromatic amines is 1. The highest BCUT2D eigenvalue weighted by atomic mass is 32.2. The summed E-state index contributed by atoms with van der Waals surface area (Å²) in [6.07, 6.45) is 2.17. The van der Waals surface area contributed by atoms with Crippen LogP contribution < -0.4 is 4.74 Å². The molecule has 4 rings (SSSR count). The summed E-state index contributed by atoms with van der Waals surface area (Å²) in [5.41, 5.74) is 2.01. The first-order valence-corrected chi connectivity index (χ1v) is 9.58. The molecule has 0 unspecified atom stereocenters. The van der Waals surface area contributed by atoms with E-state index in [1.54, 1.807) is 11.8 Å². The predicted molar refractivity (Wildman–Crippen MR) is 96.5 cm³/mol. The van der Waals surface area contributed by atoms with E-state index in [1.165, 1.54) is 0 Å². The first-order chi connectivity index (χ1) is 11.4. The van der Waals surface area contributed by atoms with Crippen LogP contribution >= 0.6 is 11.8 Å². The lowest BCUT2D eigenvalue weighted by molar-refractivity contribution is -0.122. The van der Waals surface area contributed by atoms with Crippen LogP contribution in [-0.2, 0) is 4.79 Å². The molecule has 0 amide bonds. The van der Waals surface area contributed by atoms with Gasteiger partial charge >= 0.3 is 0 Å². The van der Waals surface area contributed by atoms with Crippen LogP contribution in [0.2, 0.25) is 0 Å². The van der Waals surface area contributed by atoms with E-state index in [-0.39, 0.29) is 22.0 Å². The molecule has 2 aliphatic rings. The molecule has 2 aromatic rings. The van der Waals surface area contributed by atoms with Gasteiger partial charge in [-0.15, -0.1) is 0 Å². The molecule has 0 radical (unpaired) electrons. The molecule has 2 fully saturated rings. The van der Waals surface area contributed by atoms with Crippen molar-refractivity contribution in [3.63, 3.8) is 0 Å². The minimum absolute atomic E-state index is 0.00169. The number of Topliss-reactive ketones (excluding diaryl/α,β-unsaturated/α-hetero) is 1. The number of aromatic nitrogens is 2. The van der Waals surface area contributed by atoms with Crippen molar-refractivity contribution in [2.75, 3.05) is 6.61 Å². The summed E-state index contributed by atoms with van der Waals surface area (Å²) in [7, 11) is 0. The van der Waals surface area contributed by atoms with Crippen molar-refractivity contribution in [2.24, 2.45) is 16.7 Å². The van der Waals surface area contributed by atoms with Gasteiger partial charge in [-0.3, -0.25) is 4.79 Å². The van der Waals surface area contributed by atoms with Gasteiger partial charge in [-0.1, -0.05) is 32.5 Å². The second kappa shape index (κ2) is 5.25. The molecule has 3 atom stereocenters. The quantitative estimate of drug-likeness (QED) is 0.890. The van der Waals surface area contributed by atoms with Gasteiger partial charge in [0.2, 0.25) is 0 Å². The highest BCUT2D eigenvalue weighted by Crippen LogP contribution is 2.67. The third kappa shape index (κ3) is 2.06. The highest BCUT2D eigenvalue weighted by Gasteiger charge is 2.66. The molecular formula is C19H24N2O2S. The molecule has 24 heavy (non-hydrogen) atoms. The minimum atomic E-state index is -0.00169. The Morgan fingerprint density at radius 2 is 2.17 bits per heavy atom. The van der Waals surface area contributed by atoms with E-state index in [4.69, 9.17) is 4.74 Å². The number of H-pyrrole nitrogens is 1. The van der Waals surface area contributed by atoms with Crippen LogP contribution in [0.15, 0.2) is 23.4 Å². The fourth-order valence-corrected chi connectivity index (χ4v) is 6.07. The summed E-state index contributed by atoms with van der Waals surface area (Å²) in [4.78, 5) is 20.9. The molecule has 0 aliphatic heterocycles. The fraction of sp³-hybridized carbons (Fsp3) is 0.579. The molecule has 0 saturated heterocycles. The van der Waals surface area contributed by atoms with Gasteiger partial charge in [-0.2, -0.15) is 0 Å². The maximum atomic E-state index is 12.9. The molecule has 1 aromatic heterocycles. The van der Waals surface area contributed by atoms with Gasteiger partial charge in [0.1, 0.15) is 11.5 Å². The summed E-state index contributed by atoms with van der Waals surface area (Å²) >= 11 is 1.61. The molecule has 0 spiro atoms. The fourth-order valence-electron chi connectivity index (χ4n) is 4.57. The predicted octanol–water partition coefficient (Wildman–Crippen LogP) is 4.45. The van der Waals surface area contributed by atoms with Gasteiger partial charge in [0.15, 0.2) is 5.16 Å². The van der Waals surface area contributed by atoms with Crippen LogP contribution in [0, 0.1) is 16.7 Å². The van der Waals surface area contributed by atoms with Crippen LogP contribution in [0.3, 0.4) is 0 Å². The molecule has 1 aromatic carbocycles. The topological polar surface area (TPSA) is 55.0 Å². The molecule has 1 heterocycles. The van der Waals surface area contributed by atoms with Gasteiger partial charge in [-0.05, 0) is 42.7 Å². The van der Waals surface area contributed by atoms with E-state index >= 15 is 0 Å². The van der Waals surface area contributed by atoms with Crippen LogP contribution in [0.4, 0.5) is 0 Å². The van der Waals surface area contributed by atoms with E-state index in [2.05, 4.69) is 30.7 Å². The Bertz CT molecular complexity index is 813. The number of ketones is 1.